The summed E-state index contributed by atoms with van der Waals surface area (Å²) < 4.78 is 47.4. The van der Waals surface area contributed by atoms with Gasteiger partial charge < -0.3 is 9.47 Å². The number of rotatable bonds is 7. The fraction of sp³-hybridized carbons (Fsp3) is 0.611. The normalized spacial score (nSPS) is 23.2. The van der Waals surface area contributed by atoms with Gasteiger partial charge >= 0.3 is 12.3 Å². The highest BCUT2D eigenvalue weighted by atomic mass is 19.4. The molecule has 2 atom stereocenters. The second kappa shape index (κ2) is 7.73. The van der Waals surface area contributed by atoms with Crippen LogP contribution in [0.4, 0.5) is 18.0 Å². The molecular formula is C18H23F3N2O3. The molecule has 0 aromatic heterocycles. The standard InChI is InChI=1S/C18H23F3N2O3/c1-25-14-5-3-13(4-6-14)7-10-23-15-11-22(9-2-8-18(19,20)21)12-16(15)26-17(23)24/h3-6,15-16H,2,7-12H2,1H3/t15-,16+/m1/s1. The van der Waals surface area contributed by atoms with Crippen molar-refractivity contribution in [3.05, 3.63) is 29.8 Å². The van der Waals surface area contributed by atoms with E-state index in [-0.39, 0.29) is 24.7 Å². The maximum Gasteiger partial charge on any atom is 0.410 e. The van der Waals surface area contributed by atoms with Crippen molar-refractivity contribution >= 4 is 6.09 Å². The molecule has 2 saturated heterocycles. The SMILES string of the molecule is COc1ccc(CCN2C(=O)O[C@H]3CN(CCCC(F)(F)F)C[C@H]32)cc1. The first-order chi connectivity index (χ1) is 12.4. The van der Waals surface area contributed by atoms with Gasteiger partial charge in [-0.2, -0.15) is 13.2 Å². The van der Waals surface area contributed by atoms with E-state index in [4.69, 9.17) is 9.47 Å². The highest BCUT2D eigenvalue weighted by Crippen LogP contribution is 2.28. The van der Waals surface area contributed by atoms with Gasteiger partial charge in [-0.05, 0) is 37.1 Å². The number of carbonyl (C=O) groups excluding carboxylic acids is 1. The topological polar surface area (TPSA) is 42.0 Å². The summed E-state index contributed by atoms with van der Waals surface area (Å²) in [5.74, 6) is 0.777. The van der Waals surface area contributed by atoms with Crippen LogP contribution >= 0.6 is 0 Å². The van der Waals surface area contributed by atoms with E-state index in [2.05, 4.69) is 0 Å². The number of methoxy groups -OCH3 is 1. The Morgan fingerprint density at radius 1 is 1.19 bits per heavy atom. The Balaban J connectivity index is 1.49. The Hall–Kier alpha value is -1.96. The molecule has 0 spiro atoms. The average Bonchev–Trinajstić information content (AvgIpc) is 3.09. The highest BCUT2D eigenvalue weighted by molar-refractivity contribution is 5.71. The summed E-state index contributed by atoms with van der Waals surface area (Å²) in [6.07, 6.45) is -4.71. The molecule has 2 heterocycles. The van der Waals surface area contributed by atoms with Gasteiger partial charge in [0.25, 0.3) is 0 Å². The number of alkyl halides is 3. The third-order valence-electron chi connectivity index (χ3n) is 4.93. The minimum absolute atomic E-state index is 0.0722. The van der Waals surface area contributed by atoms with E-state index < -0.39 is 12.6 Å². The Bertz CT molecular complexity index is 621. The smallest absolute Gasteiger partial charge is 0.410 e. The van der Waals surface area contributed by atoms with E-state index in [1.54, 1.807) is 12.0 Å². The fourth-order valence-electron chi connectivity index (χ4n) is 3.57. The lowest BCUT2D eigenvalue weighted by atomic mass is 10.1. The van der Waals surface area contributed by atoms with Crippen molar-refractivity contribution in [2.75, 3.05) is 33.3 Å². The molecule has 2 fully saturated rings. The third kappa shape index (κ3) is 4.60. The molecule has 0 bridgehead atoms. The van der Waals surface area contributed by atoms with Gasteiger partial charge in [-0.25, -0.2) is 4.79 Å². The molecule has 0 saturated carbocycles. The molecule has 3 rings (SSSR count). The van der Waals surface area contributed by atoms with Gasteiger partial charge in [0, 0.05) is 26.1 Å². The zero-order chi connectivity index (χ0) is 18.7. The molecule has 0 unspecified atom stereocenters. The molecule has 26 heavy (non-hydrogen) atoms. The molecule has 0 aliphatic carbocycles. The first-order valence-electron chi connectivity index (χ1n) is 8.75. The maximum absolute atomic E-state index is 12.3. The van der Waals surface area contributed by atoms with Crippen molar-refractivity contribution < 1.29 is 27.4 Å². The Morgan fingerprint density at radius 2 is 1.92 bits per heavy atom. The number of ether oxygens (including phenoxy) is 2. The molecule has 1 amide bonds. The van der Waals surface area contributed by atoms with E-state index in [9.17, 15) is 18.0 Å². The minimum Gasteiger partial charge on any atom is -0.497 e. The van der Waals surface area contributed by atoms with Gasteiger partial charge in [0.2, 0.25) is 0 Å². The van der Waals surface area contributed by atoms with Gasteiger partial charge in [0.05, 0.1) is 13.2 Å². The Kier molecular flexibility index (Phi) is 5.60. The molecule has 8 heteroatoms. The first-order valence-corrected chi connectivity index (χ1v) is 8.75. The van der Waals surface area contributed by atoms with Crippen LogP contribution in [0.3, 0.4) is 0 Å². The van der Waals surface area contributed by atoms with Crippen LogP contribution in [-0.2, 0) is 11.2 Å². The fourth-order valence-corrected chi connectivity index (χ4v) is 3.57. The number of carbonyl (C=O) groups is 1. The summed E-state index contributed by atoms with van der Waals surface area (Å²) in [5, 5.41) is 0. The van der Waals surface area contributed by atoms with Crippen molar-refractivity contribution in [2.24, 2.45) is 0 Å². The predicted molar refractivity (Wildman–Crippen MR) is 89.2 cm³/mol. The lowest BCUT2D eigenvalue weighted by Crippen LogP contribution is -2.39. The van der Waals surface area contributed by atoms with Crippen LogP contribution in [0.5, 0.6) is 5.75 Å². The number of hydrogen-bond acceptors (Lipinski definition) is 4. The van der Waals surface area contributed by atoms with E-state index in [0.717, 1.165) is 11.3 Å². The van der Waals surface area contributed by atoms with E-state index in [1.165, 1.54) is 0 Å². The van der Waals surface area contributed by atoms with Gasteiger partial charge in [-0.15, -0.1) is 0 Å². The monoisotopic (exact) mass is 372 g/mol. The van der Waals surface area contributed by atoms with Crippen LogP contribution in [0.1, 0.15) is 18.4 Å². The zero-order valence-corrected chi connectivity index (χ0v) is 14.7. The van der Waals surface area contributed by atoms with Gasteiger partial charge in [-0.1, -0.05) is 12.1 Å². The lowest BCUT2D eigenvalue weighted by Gasteiger charge is -2.22. The molecule has 0 radical (unpaired) electrons. The quantitative estimate of drug-likeness (QED) is 0.738. The molecule has 2 aliphatic rings. The van der Waals surface area contributed by atoms with Crippen LogP contribution < -0.4 is 4.74 Å². The Morgan fingerprint density at radius 3 is 2.58 bits per heavy atom. The van der Waals surface area contributed by atoms with Crippen LogP contribution in [-0.4, -0.2) is 67.5 Å². The summed E-state index contributed by atoms with van der Waals surface area (Å²) in [7, 11) is 1.61. The number of amides is 1. The van der Waals surface area contributed by atoms with Gasteiger partial charge in [-0.3, -0.25) is 9.80 Å². The number of benzene rings is 1. The van der Waals surface area contributed by atoms with E-state index in [1.807, 2.05) is 29.2 Å². The number of hydrogen-bond donors (Lipinski definition) is 0. The van der Waals surface area contributed by atoms with Crippen molar-refractivity contribution in [3.63, 3.8) is 0 Å². The third-order valence-corrected chi connectivity index (χ3v) is 4.93. The summed E-state index contributed by atoms with van der Waals surface area (Å²) in [5.41, 5.74) is 1.09. The Labute approximate surface area is 150 Å². The average molecular weight is 372 g/mol. The number of fused-ring (bicyclic) bond motifs is 1. The molecule has 5 nitrogen and oxygen atoms in total. The van der Waals surface area contributed by atoms with Crippen molar-refractivity contribution in [1.82, 2.24) is 9.80 Å². The van der Waals surface area contributed by atoms with Crippen LogP contribution in [0.25, 0.3) is 0 Å². The minimum atomic E-state index is -4.12. The van der Waals surface area contributed by atoms with Gasteiger partial charge in [0.1, 0.15) is 11.9 Å². The number of likely N-dealkylation sites (tertiary alicyclic amines) is 1. The second-order valence-electron chi connectivity index (χ2n) is 6.76. The van der Waals surface area contributed by atoms with Crippen molar-refractivity contribution in [1.29, 1.82) is 0 Å². The highest BCUT2D eigenvalue weighted by Gasteiger charge is 2.47. The van der Waals surface area contributed by atoms with Crippen LogP contribution in [0, 0.1) is 0 Å². The second-order valence-corrected chi connectivity index (χ2v) is 6.76. The first kappa shape index (κ1) is 18.8. The van der Waals surface area contributed by atoms with E-state index in [0.29, 0.717) is 32.6 Å². The summed E-state index contributed by atoms with van der Waals surface area (Å²) in [6.45, 7) is 1.98. The molecule has 144 valence electrons. The molecular weight excluding hydrogens is 349 g/mol. The largest absolute Gasteiger partial charge is 0.497 e. The van der Waals surface area contributed by atoms with E-state index >= 15 is 0 Å². The lowest BCUT2D eigenvalue weighted by molar-refractivity contribution is -0.136. The zero-order valence-electron chi connectivity index (χ0n) is 14.7. The molecule has 0 N–H and O–H groups in total. The molecule has 1 aromatic carbocycles. The number of nitrogens with zero attached hydrogens (tertiary/aromatic N) is 2. The van der Waals surface area contributed by atoms with Crippen LogP contribution in [0.15, 0.2) is 24.3 Å². The number of halogens is 3. The summed E-state index contributed by atoms with van der Waals surface area (Å²) >= 11 is 0. The van der Waals surface area contributed by atoms with Gasteiger partial charge in [0.15, 0.2) is 0 Å². The van der Waals surface area contributed by atoms with Crippen molar-refractivity contribution in [3.8, 4) is 5.75 Å². The maximum atomic E-state index is 12.3. The predicted octanol–water partition coefficient (Wildman–Crippen LogP) is 3.09. The molecule has 1 aromatic rings. The molecule has 2 aliphatic heterocycles. The summed E-state index contributed by atoms with van der Waals surface area (Å²) in [4.78, 5) is 15.7. The van der Waals surface area contributed by atoms with Crippen LogP contribution in [0.2, 0.25) is 0 Å². The summed E-state index contributed by atoms with van der Waals surface area (Å²) in [6, 6.07) is 7.58. The van der Waals surface area contributed by atoms with Crippen molar-refractivity contribution in [2.45, 2.75) is 37.6 Å².